The predicted molar refractivity (Wildman–Crippen MR) is 125 cm³/mol. The zero-order valence-corrected chi connectivity index (χ0v) is 19.6. The molecule has 170 valence electrons. The van der Waals surface area contributed by atoms with Crippen LogP contribution in [0.15, 0.2) is 47.8 Å². The van der Waals surface area contributed by atoms with Gasteiger partial charge in [0.1, 0.15) is 28.1 Å². The smallest absolute Gasteiger partial charge is 0.262 e. The second-order valence-corrected chi connectivity index (χ2v) is 8.88. The van der Waals surface area contributed by atoms with Gasteiger partial charge in [-0.15, -0.1) is 0 Å². The van der Waals surface area contributed by atoms with Crippen molar-refractivity contribution in [3.8, 4) is 11.5 Å². The molecule has 0 aliphatic carbocycles. The number of carbonyl (C=O) groups is 1. The number of unbranched alkanes of at least 4 members (excludes halogenated alkanes) is 1. The van der Waals surface area contributed by atoms with E-state index in [2.05, 4.69) is 16.0 Å². The third-order valence-corrected chi connectivity index (χ3v) is 6.48. The minimum absolute atomic E-state index is 0.161. The van der Waals surface area contributed by atoms with Crippen molar-refractivity contribution in [3.05, 3.63) is 64.2 Å². The van der Waals surface area contributed by atoms with Gasteiger partial charge in [-0.05, 0) is 63.0 Å². The van der Waals surface area contributed by atoms with E-state index in [1.54, 1.807) is 30.2 Å². The van der Waals surface area contributed by atoms with Gasteiger partial charge in [-0.25, -0.2) is 4.98 Å². The summed E-state index contributed by atoms with van der Waals surface area (Å²) in [6.45, 7) is 3.59. The van der Waals surface area contributed by atoms with E-state index in [0.29, 0.717) is 34.7 Å². The van der Waals surface area contributed by atoms with E-state index < -0.39 is 0 Å². The molecule has 0 saturated carbocycles. The molecule has 0 radical (unpaired) electrons. The largest absolute Gasteiger partial charge is 0.497 e. The number of carbonyl (C=O) groups excluding carboxylic acids is 1. The van der Waals surface area contributed by atoms with Crippen LogP contribution in [0, 0.1) is 0 Å². The second-order valence-electron chi connectivity index (χ2n) is 8.11. The first-order chi connectivity index (χ1) is 15.5. The number of benzene rings is 1. The Kier molecular flexibility index (Phi) is 7.55. The predicted octanol–water partition coefficient (Wildman–Crippen LogP) is 5.28. The molecule has 2 aliphatic rings. The van der Waals surface area contributed by atoms with E-state index >= 15 is 0 Å². The average Bonchev–Trinajstić information content (AvgIpc) is 2.93. The van der Waals surface area contributed by atoms with E-state index in [9.17, 15) is 4.79 Å². The van der Waals surface area contributed by atoms with Gasteiger partial charge in [-0.2, -0.15) is 0 Å². The van der Waals surface area contributed by atoms with Crippen molar-refractivity contribution >= 4 is 29.1 Å². The molecule has 0 bridgehead atoms. The number of amides is 1. The lowest BCUT2D eigenvalue weighted by molar-refractivity contribution is 0.0814. The third-order valence-electron chi connectivity index (χ3n) is 5.97. The number of fused-ring (bicyclic) bond motifs is 1. The molecular formula is C24H27Cl2N3O3. The molecule has 1 atom stereocenters. The molecule has 32 heavy (non-hydrogen) atoms. The summed E-state index contributed by atoms with van der Waals surface area (Å²) >= 11 is 12.4. The summed E-state index contributed by atoms with van der Waals surface area (Å²) in [4.78, 5) is 21.6. The molecule has 1 aromatic heterocycles. The molecule has 2 aliphatic heterocycles. The SMILES string of the molecule is COc1ccc2c(c1)OC=C(Cl)N(CCCCN1CCCC(c3cccc(Cl)n3)C1)C2=O. The first-order valence-corrected chi connectivity index (χ1v) is 11.7. The molecule has 0 spiro atoms. The first kappa shape index (κ1) is 22.9. The van der Waals surface area contributed by atoms with Crippen LogP contribution in [0.4, 0.5) is 0 Å². The number of likely N-dealkylation sites (tertiary alicyclic amines) is 1. The number of ether oxygens (including phenoxy) is 2. The summed E-state index contributed by atoms with van der Waals surface area (Å²) in [5, 5.41) is 0.839. The zero-order chi connectivity index (χ0) is 22.5. The number of halogens is 2. The Labute approximate surface area is 198 Å². The monoisotopic (exact) mass is 475 g/mol. The quantitative estimate of drug-likeness (QED) is 0.309. The highest BCUT2D eigenvalue weighted by atomic mass is 35.5. The average molecular weight is 476 g/mol. The Morgan fingerprint density at radius 1 is 1.19 bits per heavy atom. The highest BCUT2D eigenvalue weighted by Gasteiger charge is 2.26. The van der Waals surface area contributed by atoms with Crippen LogP contribution < -0.4 is 9.47 Å². The maximum atomic E-state index is 13.0. The Hall–Kier alpha value is -2.28. The Bertz CT molecular complexity index is 998. The molecule has 2 aromatic rings. The zero-order valence-electron chi connectivity index (χ0n) is 18.1. The number of piperidine rings is 1. The second kappa shape index (κ2) is 10.6. The number of aromatic nitrogens is 1. The molecule has 1 saturated heterocycles. The first-order valence-electron chi connectivity index (χ1n) is 10.9. The normalized spacial score (nSPS) is 19.1. The van der Waals surface area contributed by atoms with E-state index in [0.717, 1.165) is 51.0 Å². The van der Waals surface area contributed by atoms with E-state index in [4.69, 9.17) is 32.7 Å². The standard InChI is InChI=1S/C24H27Cl2N3O3/c1-31-18-9-10-19-21(14-18)32-16-23(26)29(24(19)30)13-3-2-11-28-12-5-6-17(15-28)20-7-4-8-22(25)27-20/h4,7-10,14,16-17H,2-3,5-6,11-13,15H2,1H3. The lowest BCUT2D eigenvalue weighted by Gasteiger charge is -2.32. The lowest BCUT2D eigenvalue weighted by atomic mass is 9.94. The molecule has 1 amide bonds. The summed E-state index contributed by atoms with van der Waals surface area (Å²) in [5.74, 6) is 1.33. The highest BCUT2D eigenvalue weighted by Crippen LogP contribution is 2.31. The molecule has 6 nitrogen and oxygen atoms in total. The minimum atomic E-state index is -0.161. The summed E-state index contributed by atoms with van der Waals surface area (Å²) in [7, 11) is 1.57. The summed E-state index contributed by atoms with van der Waals surface area (Å²) in [6.07, 6.45) is 5.52. The van der Waals surface area contributed by atoms with Gasteiger partial charge < -0.3 is 14.4 Å². The number of rotatable bonds is 7. The molecule has 8 heteroatoms. The fourth-order valence-electron chi connectivity index (χ4n) is 4.29. The molecule has 1 unspecified atom stereocenters. The topological polar surface area (TPSA) is 54.9 Å². The van der Waals surface area contributed by atoms with Crippen LogP contribution in [0.5, 0.6) is 11.5 Å². The van der Waals surface area contributed by atoms with Gasteiger partial charge in [0, 0.05) is 30.8 Å². The van der Waals surface area contributed by atoms with Gasteiger partial charge in [-0.3, -0.25) is 9.69 Å². The van der Waals surface area contributed by atoms with Crippen molar-refractivity contribution in [2.45, 2.75) is 31.6 Å². The minimum Gasteiger partial charge on any atom is -0.497 e. The van der Waals surface area contributed by atoms with Gasteiger partial charge in [-0.1, -0.05) is 29.3 Å². The van der Waals surface area contributed by atoms with E-state index in [1.807, 2.05) is 12.1 Å². The van der Waals surface area contributed by atoms with Crippen LogP contribution in [0.3, 0.4) is 0 Å². The van der Waals surface area contributed by atoms with Gasteiger partial charge in [0.25, 0.3) is 5.91 Å². The van der Waals surface area contributed by atoms with Crippen LogP contribution in [0.25, 0.3) is 0 Å². The number of hydrogen-bond donors (Lipinski definition) is 0. The highest BCUT2D eigenvalue weighted by molar-refractivity contribution is 6.30. The van der Waals surface area contributed by atoms with Crippen LogP contribution in [-0.4, -0.2) is 54.0 Å². The molecule has 3 heterocycles. The Morgan fingerprint density at radius 3 is 2.84 bits per heavy atom. The van der Waals surface area contributed by atoms with Gasteiger partial charge in [0.05, 0.1) is 12.7 Å². The maximum Gasteiger partial charge on any atom is 0.262 e. The Balaban J connectivity index is 1.30. The molecule has 0 N–H and O–H groups in total. The van der Waals surface area contributed by atoms with Crippen molar-refractivity contribution in [1.82, 2.24) is 14.8 Å². The van der Waals surface area contributed by atoms with Gasteiger partial charge in [0.15, 0.2) is 0 Å². The van der Waals surface area contributed by atoms with Crippen LogP contribution in [0.2, 0.25) is 5.15 Å². The van der Waals surface area contributed by atoms with Crippen molar-refractivity contribution in [1.29, 1.82) is 0 Å². The summed E-state index contributed by atoms with van der Waals surface area (Å²) in [6, 6.07) is 11.0. The van der Waals surface area contributed by atoms with Crippen molar-refractivity contribution in [3.63, 3.8) is 0 Å². The number of pyridine rings is 1. The summed E-state index contributed by atoms with van der Waals surface area (Å²) < 4.78 is 10.8. The fraction of sp³-hybridized carbons (Fsp3) is 0.417. The lowest BCUT2D eigenvalue weighted by Crippen LogP contribution is -2.36. The molecule has 4 rings (SSSR count). The van der Waals surface area contributed by atoms with E-state index in [1.165, 1.54) is 6.26 Å². The molecule has 1 aromatic carbocycles. The van der Waals surface area contributed by atoms with Gasteiger partial charge in [0.2, 0.25) is 0 Å². The van der Waals surface area contributed by atoms with E-state index in [-0.39, 0.29) is 11.1 Å². The number of nitrogens with zero attached hydrogens (tertiary/aromatic N) is 3. The maximum absolute atomic E-state index is 13.0. The Morgan fingerprint density at radius 2 is 2.03 bits per heavy atom. The number of methoxy groups -OCH3 is 1. The fourth-order valence-corrected chi connectivity index (χ4v) is 4.66. The van der Waals surface area contributed by atoms with Crippen molar-refractivity contribution < 1.29 is 14.3 Å². The van der Waals surface area contributed by atoms with Crippen LogP contribution >= 0.6 is 23.2 Å². The van der Waals surface area contributed by atoms with Crippen molar-refractivity contribution in [2.24, 2.45) is 0 Å². The van der Waals surface area contributed by atoms with Crippen LogP contribution in [0.1, 0.15) is 47.7 Å². The van der Waals surface area contributed by atoms with Gasteiger partial charge >= 0.3 is 0 Å². The number of hydrogen-bond acceptors (Lipinski definition) is 5. The summed E-state index contributed by atoms with van der Waals surface area (Å²) in [5.41, 5.74) is 1.55. The molecular weight excluding hydrogens is 449 g/mol. The van der Waals surface area contributed by atoms with Crippen molar-refractivity contribution in [2.75, 3.05) is 33.3 Å². The van der Waals surface area contributed by atoms with Crippen LogP contribution in [-0.2, 0) is 0 Å². The molecule has 1 fully saturated rings. The third kappa shape index (κ3) is 5.37.